The summed E-state index contributed by atoms with van der Waals surface area (Å²) in [4.78, 5) is 0. The van der Waals surface area contributed by atoms with Crippen LogP contribution in [0.4, 0.5) is 5.69 Å². The molecule has 0 aliphatic rings. The minimum absolute atomic E-state index is 0.0436. The van der Waals surface area contributed by atoms with Crippen LogP contribution in [-0.4, -0.2) is 28.6 Å². The first kappa shape index (κ1) is 14.6. The molecule has 96 valence electrons. The molecular formula is C9H7Cl3N4O2. The second-order valence-corrected chi connectivity index (χ2v) is 4.13. The monoisotopic (exact) mass is 308 g/mol. The van der Waals surface area contributed by atoms with Crippen LogP contribution in [0.3, 0.4) is 0 Å². The van der Waals surface area contributed by atoms with Gasteiger partial charge in [0.1, 0.15) is 5.71 Å². The highest BCUT2D eigenvalue weighted by atomic mass is 35.5. The first-order valence-corrected chi connectivity index (χ1v) is 5.55. The fraction of sp³-hybridized carbons (Fsp3) is 0. The van der Waals surface area contributed by atoms with Crippen LogP contribution in [0.25, 0.3) is 0 Å². The number of hydrogen-bond acceptors (Lipinski definition) is 6. The minimum atomic E-state index is 0.0436. The second kappa shape index (κ2) is 7.05. The van der Waals surface area contributed by atoms with Gasteiger partial charge < -0.3 is 10.4 Å². The van der Waals surface area contributed by atoms with Crippen molar-refractivity contribution in [3.05, 3.63) is 27.2 Å². The lowest BCUT2D eigenvalue weighted by Crippen LogP contribution is -2.06. The van der Waals surface area contributed by atoms with Gasteiger partial charge >= 0.3 is 0 Å². The van der Waals surface area contributed by atoms with Gasteiger partial charge in [0.2, 0.25) is 0 Å². The molecule has 0 spiro atoms. The lowest BCUT2D eigenvalue weighted by Gasteiger charge is -2.06. The lowest BCUT2D eigenvalue weighted by atomic mass is 10.3. The van der Waals surface area contributed by atoms with E-state index in [0.29, 0.717) is 10.7 Å². The Morgan fingerprint density at radius 2 is 1.56 bits per heavy atom. The molecule has 1 aromatic carbocycles. The number of anilines is 1. The van der Waals surface area contributed by atoms with Crippen LogP contribution < -0.4 is 5.43 Å². The summed E-state index contributed by atoms with van der Waals surface area (Å²) in [6.45, 7) is 0. The van der Waals surface area contributed by atoms with Crippen molar-refractivity contribution in [2.75, 3.05) is 5.43 Å². The molecule has 0 aromatic heterocycles. The fourth-order valence-electron chi connectivity index (χ4n) is 0.979. The topological polar surface area (TPSA) is 89.6 Å². The van der Waals surface area contributed by atoms with Gasteiger partial charge in [0.25, 0.3) is 0 Å². The maximum atomic E-state index is 8.35. The predicted octanol–water partition coefficient (Wildman–Crippen LogP) is 3.33. The lowest BCUT2D eigenvalue weighted by molar-refractivity contribution is 0.321. The van der Waals surface area contributed by atoms with E-state index in [9.17, 15) is 0 Å². The Bertz CT molecular complexity index is 480. The second-order valence-electron chi connectivity index (χ2n) is 2.88. The van der Waals surface area contributed by atoms with E-state index in [1.165, 1.54) is 12.1 Å². The van der Waals surface area contributed by atoms with Crippen LogP contribution in [0.1, 0.15) is 0 Å². The van der Waals surface area contributed by atoms with E-state index in [1.54, 1.807) is 0 Å². The van der Waals surface area contributed by atoms with Gasteiger partial charge in [-0.25, -0.2) is 0 Å². The molecule has 1 rings (SSSR count). The van der Waals surface area contributed by atoms with Gasteiger partial charge in [-0.05, 0) is 12.1 Å². The molecule has 0 unspecified atom stereocenters. The summed E-state index contributed by atoms with van der Waals surface area (Å²) in [7, 11) is 0. The molecule has 18 heavy (non-hydrogen) atoms. The SMILES string of the molecule is ON=CC(/C=N/O)=NNc1c(Cl)cc(Cl)cc1Cl. The van der Waals surface area contributed by atoms with Crippen LogP contribution in [0, 0.1) is 0 Å². The number of nitrogens with one attached hydrogen (secondary N) is 1. The van der Waals surface area contributed by atoms with Crippen molar-refractivity contribution in [3.63, 3.8) is 0 Å². The van der Waals surface area contributed by atoms with Crippen LogP contribution >= 0.6 is 34.8 Å². The van der Waals surface area contributed by atoms with Crippen molar-refractivity contribution in [1.29, 1.82) is 0 Å². The number of rotatable bonds is 4. The van der Waals surface area contributed by atoms with Gasteiger partial charge in [0.15, 0.2) is 0 Å². The van der Waals surface area contributed by atoms with Gasteiger partial charge in [-0.1, -0.05) is 45.1 Å². The average molecular weight is 310 g/mol. The third-order valence-electron chi connectivity index (χ3n) is 1.68. The van der Waals surface area contributed by atoms with E-state index in [1.807, 2.05) is 0 Å². The third-order valence-corrected chi connectivity index (χ3v) is 2.50. The molecule has 0 atom stereocenters. The van der Waals surface area contributed by atoms with Gasteiger partial charge in [0.05, 0.1) is 28.2 Å². The summed E-state index contributed by atoms with van der Waals surface area (Å²) in [5.74, 6) is 0. The zero-order valence-electron chi connectivity index (χ0n) is 8.68. The van der Waals surface area contributed by atoms with Crippen molar-refractivity contribution < 1.29 is 10.4 Å². The first-order chi connectivity index (χ1) is 8.58. The molecule has 0 heterocycles. The fourth-order valence-corrected chi connectivity index (χ4v) is 1.88. The zero-order chi connectivity index (χ0) is 13.5. The Morgan fingerprint density at radius 3 is 2.00 bits per heavy atom. The van der Waals surface area contributed by atoms with E-state index >= 15 is 0 Å². The molecule has 0 bridgehead atoms. The Kier molecular flexibility index (Phi) is 5.70. The molecule has 0 fully saturated rings. The summed E-state index contributed by atoms with van der Waals surface area (Å²) >= 11 is 17.6. The maximum Gasteiger partial charge on any atom is 0.127 e. The maximum absolute atomic E-state index is 8.35. The van der Waals surface area contributed by atoms with Crippen LogP contribution in [-0.2, 0) is 0 Å². The number of hydrazone groups is 1. The highest BCUT2D eigenvalue weighted by Gasteiger charge is 2.07. The zero-order valence-corrected chi connectivity index (χ0v) is 10.9. The molecule has 1 aromatic rings. The van der Waals surface area contributed by atoms with Gasteiger partial charge in [-0.15, -0.1) is 0 Å². The third kappa shape index (κ3) is 4.06. The van der Waals surface area contributed by atoms with Crippen molar-refractivity contribution >= 4 is 58.6 Å². The van der Waals surface area contributed by atoms with Gasteiger partial charge in [0, 0.05) is 5.02 Å². The average Bonchev–Trinajstić information content (AvgIpc) is 2.28. The first-order valence-electron chi connectivity index (χ1n) is 4.41. The molecule has 0 radical (unpaired) electrons. The molecule has 0 amide bonds. The quantitative estimate of drug-likeness (QED) is 0.452. The molecule has 3 N–H and O–H groups in total. The molecule has 9 heteroatoms. The van der Waals surface area contributed by atoms with Crippen molar-refractivity contribution in [1.82, 2.24) is 0 Å². The van der Waals surface area contributed by atoms with E-state index in [0.717, 1.165) is 12.4 Å². The number of benzene rings is 1. The summed E-state index contributed by atoms with van der Waals surface area (Å²) in [6, 6.07) is 2.96. The molecular weight excluding hydrogens is 302 g/mol. The number of halogens is 3. The van der Waals surface area contributed by atoms with Crippen LogP contribution in [0.15, 0.2) is 27.5 Å². The van der Waals surface area contributed by atoms with Crippen molar-refractivity contribution in [2.24, 2.45) is 15.4 Å². The van der Waals surface area contributed by atoms with E-state index in [2.05, 4.69) is 20.8 Å². The smallest absolute Gasteiger partial charge is 0.127 e. The highest BCUT2D eigenvalue weighted by molar-refractivity contribution is 6.55. The summed E-state index contributed by atoms with van der Waals surface area (Å²) < 4.78 is 0. The Labute approximate surface area is 117 Å². The van der Waals surface area contributed by atoms with E-state index < -0.39 is 0 Å². The summed E-state index contributed by atoms with van der Waals surface area (Å²) in [6.07, 6.45) is 1.90. The predicted molar refractivity (Wildman–Crippen MR) is 73.1 cm³/mol. The minimum Gasteiger partial charge on any atom is -0.411 e. The summed E-state index contributed by atoms with van der Waals surface area (Å²) in [5.41, 5.74) is 2.90. The number of oxime groups is 2. The Morgan fingerprint density at radius 1 is 1.06 bits per heavy atom. The van der Waals surface area contributed by atoms with Gasteiger partial charge in [-0.2, -0.15) is 5.10 Å². The van der Waals surface area contributed by atoms with Crippen molar-refractivity contribution in [2.45, 2.75) is 0 Å². The van der Waals surface area contributed by atoms with Crippen LogP contribution in [0.5, 0.6) is 0 Å². The summed E-state index contributed by atoms with van der Waals surface area (Å²) in [5, 5.41) is 26.9. The van der Waals surface area contributed by atoms with Crippen molar-refractivity contribution in [3.8, 4) is 0 Å². The standard InChI is InChI=1S/C9H7Cl3N4O2/c10-5-1-7(11)9(8(12)2-5)16-15-6(3-13-17)4-14-18/h1-4,16-18H/b13-3+,14-4?,15-6?. The van der Waals surface area contributed by atoms with E-state index in [4.69, 9.17) is 45.2 Å². The number of nitrogens with zero attached hydrogens (tertiary/aromatic N) is 3. The normalized spacial score (nSPS) is 12.5. The molecule has 0 saturated carbocycles. The molecule has 0 saturated heterocycles. The number of hydrogen-bond donors (Lipinski definition) is 3. The van der Waals surface area contributed by atoms with Gasteiger partial charge in [-0.3, -0.25) is 5.43 Å². The molecule has 0 aliphatic heterocycles. The molecule has 6 nitrogen and oxygen atoms in total. The van der Waals surface area contributed by atoms with E-state index in [-0.39, 0.29) is 15.8 Å². The Balaban J connectivity index is 3.01. The van der Waals surface area contributed by atoms with Crippen LogP contribution in [0.2, 0.25) is 15.1 Å². The Hall–Kier alpha value is -1.50. The highest BCUT2D eigenvalue weighted by Crippen LogP contribution is 2.33. The largest absolute Gasteiger partial charge is 0.411 e. The molecule has 0 aliphatic carbocycles.